The van der Waals surface area contributed by atoms with E-state index in [2.05, 4.69) is 11.0 Å². The average Bonchev–Trinajstić information content (AvgIpc) is 3.37. The highest BCUT2D eigenvalue weighted by molar-refractivity contribution is 7.22. The molecule has 1 saturated heterocycles. The zero-order valence-electron chi connectivity index (χ0n) is 19.0. The number of hydrogen-bond acceptors (Lipinski definition) is 7. The van der Waals surface area contributed by atoms with Crippen LogP contribution in [0.4, 0.5) is 5.13 Å². The van der Waals surface area contributed by atoms with E-state index in [1.54, 1.807) is 29.2 Å². The summed E-state index contributed by atoms with van der Waals surface area (Å²) in [4.78, 5) is 48.8. The minimum absolute atomic E-state index is 0.307. The number of imide groups is 1. The first-order valence-corrected chi connectivity index (χ1v) is 12.3. The summed E-state index contributed by atoms with van der Waals surface area (Å²) in [5.74, 6) is -1.17. The molecule has 2 aliphatic heterocycles. The van der Waals surface area contributed by atoms with E-state index in [-0.39, 0.29) is 12.5 Å². The molecule has 9 heteroatoms. The van der Waals surface area contributed by atoms with E-state index in [0.29, 0.717) is 22.8 Å². The average molecular weight is 479 g/mol. The van der Waals surface area contributed by atoms with Gasteiger partial charge in [-0.05, 0) is 43.2 Å². The molecule has 0 unspecified atom stereocenters. The minimum Gasteiger partial charge on any atom is -0.379 e. The van der Waals surface area contributed by atoms with Gasteiger partial charge in [0.25, 0.3) is 11.8 Å². The number of benzene rings is 2. The Morgan fingerprint density at radius 2 is 1.79 bits per heavy atom. The molecule has 0 atom stereocenters. The van der Waals surface area contributed by atoms with Crippen molar-refractivity contribution in [3.63, 3.8) is 0 Å². The van der Waals surface area contributed by atoms with E-state index < -0.39 is 11.8 Å². The third-order valence-electron chi connectivity index (χ3n) is 6.20. The van der Waals surface area contributed by atoms with Gasteiger partial charge in [-0.3, -0.25) is 29.1 Å². The van der Waals surface area contributed by atoms with Crippen LogP contribution in [-0.4, -0.2) is 78.4 Å². The first-order valence-electron chi connectivity index (χ1n) is 11.4. The molecule has 8 nitrogen and oxygen atoms in total. The largest absolute Gasteiger partial charge is 0.379 e. The second-order valence-electron chi connectivity index (χ2n) is 8.56. The van der Waals surface area contributed by atoms with Gasteiger partial charge in [0.15, 0.2) is 5.13 Å². The predicted octanol–water partition coefficient (Wildman–Crippen LogP) is 2.96. The maximum absolute atomic E-state index is 13.5. The highest BCUT2D eigenvalue weighted by Gasteiger charge is 2.37. The van der Waals surface area contributed by atoms with E-state index in [0.717, 1.165) is 59.9 Å². The van der Waals surface area contributed by atoms with Gasteiger partial charge in [0.1, 0.15) is 6.54 Å². The molecule has 1 aromatic heterocycles. The molecule has 0 N–H and O–H groups in total. The molecule has 0 saturated carbocycles. The quantitative estimate of drug-likeness (QED) is 0.486. The normalized spacial score (nSPS) is 16.3. The Bertz CT molecular complexity index is 1220. The third-order valence-corrected chi connectivity index (χ3v) is 7.24. The number of ether oxygens (including phenoxy) is 1. The summed E-state index contributed by atoms with van der Waals surface area (Å²) in [5, 5.41) is 0.587. The predicted molar refractivity (Wildman–Crippen MR) is 130 cm³/mol. The van der Waals surface area contributed by atoms with Gasteiger partial charge in [-0.2, -0.15) is 0 Å². The number of aromatic nitrogens is 1. The highest BCUT2D eigenvalue weighted by atomic mass is 32.1. The van der Waals surface area contributed by atoms with Crippen LogP contribution in [0.25, 0.3) is 10.2 Å². The van der Waals surface area contributed by atoms with Crippen LogP contribution in [0.3, 0.4) is 0 Å². The Hall–Kier alpha value is -3.14. The number of rotatable bonds is 7. The summed E-state index contributed by atoms with van der Waals surface area (Å²) in [6, 6.07) is 12.7. The molecule has 0 aliphatic carbocycles. The van der Waals surface area contributed by atoms with E-state index >= 15 is 0 Å². The van der Waals surface area contributed by atoms with Gasteiger partial charge in [0.05, 0.1) is 34.6 Å². The van der Waals surface area contributed by atoms with Gasteiger partial charge in [0.2, 0.25) is 5.91 Å². The number of hydrogen-bond donors (Lipinski definition) is 0. The van der Waals surface area contributed by atoms with Gasteiger partial charge < -0.3 is 4.74 Å². The van der Waals surface area contributed by atoms with Crippen LogP contribution in [0.15, 0.2) is 42.5 Å². The van der Waals surface area contributed by atoms with E-state index in [9.17, 15) is 14.4 Å². The van der Waals surface area contributed by atoms with Crippen LogP contribution in [-0.2, 0) is 9.53 Å². The van der Waals surface area contributed by atoms with Crippen molar-refractivity contribution in [3.05, 3.63) is 59.2 Å². The van der Waals surface area contributed by atoms with Crippen molar-refractivity contribution in [2.45, 2.75) is 13.3 Å². The van der Waals surface area contributed by atoms with E-state index in [1.165, 1.54) is 11.3 Å². The number of aryl methyl sites for hydroxylation is 1. The maximum atomic E-state index is 13.5. The minimum atomic E-state index is -0.429. The van der Waals surface area contributed by atoms with Crippen LogP contribution in [0.1, 0.15) is 32.7 Å². The third kappa shape index (κ3) is 4.46. The highest BCUT2D eigenvalue weighted by Crippen LogP contribution is 2.30. The number of amides is 3. The summed E-state index contributed by atoms with van der Waals surface area (Å²) in [6.45, 7) is 6.21. The number of nitrogens with zero attached hydrogens (tertiary/aromatic N) is 4. The molecular formula is C25H26N4O4S. The van der Waals surface area contributed by atoms with Crippen molar-refractivity contribution < 1.29 is 19.1 Å². The summed E-state index contributed by atoms with van der Waals surface area (Å²) in [5.41, 5.74) is 2.64. The second-order valence-corrected chi connectivity index (χ2v) is 9.57. The lowest BCUT2D eigenvalue weighted by atomic mass is 10.1. The summed E-state index contributed by atoms with van der Waals surface area (Å²) in [7, 11) is 0. The van der Waals surface area contributed by atoms with Gasteiger partial charge in [-0.1, -0.05) is 29.5 Å². The Morgan fingerprint density at radius 1 is 1.09 bits per heavy atom. The Labute approximate surface area is 201 Å². The van der Waals surface area contributed by atoms with Crippen LogP contribution in [0.5, 0.6) is 0 Å². The number of carbonyl (C=O) groups is 3. The molecule has 0 radical (unpaired) electrons. The lowest BCUT2D eigenvalue weighted by Gasteiger charge is -2.28. The fourth-order valence-corrected chi connectivity index (χ4v) is 5.45. The second kappa shape index (κ2) is 9.61. The van der Waals surface area contributed by atoms with Crippen LogP contribution < -0.4 is 4.90 Å². The van der Waals surface area contributed by atoms with Crippen molar-refractivity contribution in [2.75, 3.05) is 50.8 Å². The molecular weight excluding hydrogens is 452 g/mol. The van der Waals surface area contributed by atoms with Gasteiger partial charge >= 0.3 is 0 Å². The maximum Gasteiger partial charge on any atom is 0.262 e. The number of thiazole rings is 1. The molecule has 2 aromatic carbocycles. The van der Waals surface area contributed by atoms with E-state index in [4.69, 9.17) is 9.72 Å². The van der Waals surface area contributed by atoms with Crippen molar-refractivity contribution in [3.8, 4) is 0 Å². The van der Waals surface area contributed by atoms with Crippen LogP contribution in [0.2, 0.25) is 0 Å². The van der Waals surface area contributed by atoms with Gasteiger partial charge in [0, 0.05) is 26.2 Å². The molecule has 176 valence electrons. The van der Waals surface area contributed by atoms with Crippen molar-refractivity contribution in [1.82, 2.24) is 14.8 Å². The standard InChI is InChI=1S/C25H26N4O4S/c1-17-7-8-20-21(15-17)34-25(26-20)28(10-4-9-27-11-13-33-14-12-27)22(30)16-29-23(31)18-5-2-3-6-19(18)24(29)32/h2-3,5-8,15H,4,9-14,16H2,1H3. The molecule has 0 spiro atoms. The monoisotopic (exact) mass is 478 g/mol. The molecule has 2 aliphatic rings. The van der Waals surface area contributed by atoms with Gasteiger partial charge in [-0.25, -0.2) is 4.98 Å². The summed E-state index contributed by atoms with van der Waals surface area (Å²) in [6.07, 6.45) is 0.753. The molecule has 3 heterocycles. The fourth-order valence-electron chi connectivity index (χ4n) is 4.34. The Balaban J connectivity index is 1.36. The van der Waals surface area contributed by atoms with Crippen molar-refractivity contribution in [1.29, 1.82) is 0 Å². The lowest BCUT2D eigenvalue weighted by Crippen LogP contribution is -2.44. The zero-order valence-corrected chi connectivity index (χ0v) is 19.8. The fraction of sp³-hybridized carbons (Fsp3) is 0.360. The number of carbonyl (C=O) groups excluding carboxylic acids is 3. The van der Waals surface area contributed by atoms with Crippen LogP contribution >= 0.6 is 11.3 Å². The summed E-state index contributed by atoms with van der Waals surface area (Å²) >= 11 is 1.45. The topological polar surface area (TPSA) is 83.1 Å². The van der Waals surface area contributed by atoms with Crippen molar-refractivity contribution >= 4 is 44.4 Å². The molecule has 0 bridgehead atoms. The number of fused-ring (bicyclic) bond motifs is 2. The van der Waals surface area contributed by atoms with Gasteiger partial charge in [-0.15, -0.1) is 0 Å². The molecule has 3 amide bonds. The first kappa shape index (κ1) is 22.6. The molecule has 5 rings (SSSR count). The molecule has 34 heavy (non-hydrogen) atoms. The number of morpholine rings is 1. The lowest BCUT2D eigenvalue weighted by molar-refractivity contribution is -0.119. The molecule has 1 fully saturated rings. The van der Waals surface area contributed by atoms with E-state index in [1.807, 2.05) is 19.1 Å². The first-order chi connectivity index (χ1) is 16.5. The Morgan fingerprint density at radius 3 is 2.50 bits per heavy atom. The Kier molecular flexibility index (Phi) is 6.40. The SMILES string of the molecule is Cc1ccc2nc(N(CCCN3CCOCC3)C(=O)CN3C(=O)c4ccccc4C3=O)sc2c1. The summed E-state index contributed by atoms with van der Waals surface area (Å²) < 4.78 is 6.42. The zero-order chi connectivity index (χ0) is 23.7. The van der Waals surface area contributed by atoms with Crippen LogP contribution in [0, 0.1) is 6.92 Å². The molecule has 3 aromatic rings. The smallest absolute Gasteiger partial charge is 0.262 e. The number of anilines is 1. The van der Waals surface area contributed by atoms with Crippen molar-refractivity contribution in [2.24, 2.45) is 0 Å².